The Bertz CT molecular complexity index is 1250. The molecule has 3 aromatic rings. The van der Waals surface area contributed by atoms with Crippen LogP contribution in [0.15, 0.2) is 24.3 Å². The van der Waals surface area contributed by atoms with Crippen LogP contribution in [0.4, 0.5) is 8.78 Å². The number of hydrogen-bond donors (Lipinski definition) is 0. The lowest BCUT2D eigenvalue weighted by molar-refractivity contribution is -0.0306. The van der Waals surface area contributed by atoms with E-state index in [0.29, 0.717) is 29.9 Å². The van der Waals surface area contributed by atoms with Crippen LogP contribution < -0.4 is 9.47 Å². The molecule has 0 spiro atoms. The standard InChI is InChI=1S/C25H27F2N3O4/c1-14-28-24-18(30(14)22-6-4-5-8-33-22)10-15(25(31)29(2)3)11-21(24)34-19-7-9-32-20-13-16(26)12-17(27)23(19)20/h10-13,19,22H,4-9H2,1-3H3/t19-,22?/m0/s1. The van der Waals surface area contributed by atoms with Gasteiger partial charge in [-0.2, -0.15) is 0 Å². The van der Waals surface area contributed by atoms with Gasteiger partial charge in [0.05, 0.1) is 17.7 Å². The molecule has 1 unspecified atom stereocenters. The topological polar surface area (TPSA) is 65.8 Å². The van der Waals surface area contributed by atoms with E-state index in [1.807, 2.05) is 11.5 Å². The van der Waals surface area contributed by atoms with Gasteiger partial charge >= 0.3 is 0 Å². The van der Waals surface area contributed by atoms with Gasteiger partial charge in [-0.1, -0.05) is 0 Å². The van der Waals surface area contributed by atoms with Crippen LogP contribution in [0.25, 0.3) is 11.0 Å². The SMILES string of the molecule is Cc1nc2c(O[C@H]3CCOc4cc(F)cc(F)c43)cc(C(=O)N(C)C)cc2n1C1CCCCO1. The zero-order valence-electron chi connectivity index (χ0n) is 19.4. The fraction of sp³-hybridized carbons (Fsp3) is 0.440. The smallest absolute Gasteiger partial charge is 0.253 e. The van der Waals surface area contributed by atoms with Gasteiger partial charge in [0, 0.05) is 44.8 Å². The molecule has 2 atom stereocenters. The predicted molar refractivity (Wildman–Crippen MR) is 121 cm³/mol. The summed E-state index contributed by atoms with van der Waals surface area (Å²) in [4.78, 5) is 19.1. The molecular formula is C25H27F2N3O4. The van der Waals surface area contributed by atoms with Crippen molar-refractivity contribution < 1.29 is 27.8 Å². The Morgan fingerprint density at radius 1 is 1.15 bits per heavy atom. The Labute approximate surface area is 196 Å². The van der Waals surface area contributed by atoms with Crippen LogP contribution in [0, 0.1) is 18.6 Å². The number of fused-ring (bicyclic) bond motifs is 2. The molecule has 1 saturated heterocycles. The maximum Gasteiger partial charge on any atom is 0.253 e. The lowest BCUT2D eigenvalue weighted by Crippen LogP contribution is -2.23. The summed E-state index contributed by atoms with van der Waals surface area (Å²) in [5.41, 5.74) is 1.88. The molecule has 180 valence electrons. The molecule has 1 fully saturated rings. The van der Waals surface area contributed by atoms with Crippen LogP contribution in [-0.2, 0) is 4.74 Å². The minimum absolute atomic E-state index is 0.128. The molecule has 0 radical (unpaired) electrons. The first-order valence-corrected chi connectivity index (χ1v) is 11.5. The van der Waals surface area contributed by atoms with Gasteiger partial charge in [-0.25, -0.2) is 13.8 Å². The van der Waals surface area contributed by atoms with Crippen LogP contribution >= 0.6 is 0 Å². The molecule has 2 aliphatic heterocycles. The van der Waals surface area contributed by atoms with Crippen LogP contribution in [0.2, 0.25) is 0 Å². The molecule has 0 saturated carbocycles. The van der Waals surface area contributed by atoms with E-state index in [2.05, 4.69) is 0 Å². The molecule has 7 nitrogen and oxygen atoms in total. The summed E-state index contributed by atoms with van der Waals surface area (Å²) in [6, 6.07) is 5.43. The van der Waals surface area contributed by atoms with Crippen molar-refractivity contribution in [3.8, 4) is 11.5 Å². The third-order valence-corrected chi connectivity index (χ3v) is 6.32. The molecule has 0 aliphatic carbocycles. The molecule has 1 aromatic heterocycles. The normalized spacial score (nSPS) is 20.0. The molecule has 5 rings (SSSR count). The number of carbonyl (C=O) groups is 1. The number of imidazole rings is 1. The summed E-state index contributed by atoms with van der Waals surface area (Å²) in [6.07, 6.45) is 2.37. The van der Waals surface area contributed by atoms with Crippen LogP contribution in [0.1, 0.15) is 59.8 Å². The number of ether oxygens (including phenoxy) is 3. The Balaban J connectivity index is 1.63. The Kier molecular flexibility index (Phi) is 5.89. The Morgan fingerprint density at radius 2 is 1.97 bits per heavy atom. The van der Waals surface area contributed by atoms with E-state index in [1.54, 1.807) is 26.2 Å². The minimum atomic E-state index is -0.728. The first kappa shape index (κ1) is 22.6. The fourth-order valence-corrected chi connectivity index (χ4v) is 4.73. The second-order valence-electron chi connectivity index (χ2n) is 8.93. The molecule has 0 N–H and O–H groups in total. The maximum absolute atomic E-state index is 14.7. The van der Waals surface area contributed by atoms with E-state index in [4.69, 9.17) is 19.2 Å². The average molecular weight is 472 g/mol. The second-order valence-corrected chi connectivity index (χ2v) is 8.93. The van der Waals surface area contributed by atoms with Gasteiger partial charge in [-0.05, 0) is 38.3 Å². The number of nitrogens with zero attached hydrogens (tertiary/aromatic N) is 3. The second kappa shape index (κ2) is 8.87. The number of hydrogen-bond acceptors (Lipinski definition) is 5. The van der Waals surface area contributed by atoms with E-state index in [9.17, 15) is 13.6 Å². The van der Waals surface area contributed by atoms with Crippen molar-refractivity contribution in [1.29, 1.82) is 0 Å². The van der Waals surface area contributed by atoms with E-state index < -0.39 is 17.7 Å². The van der Waals surface area contributed by atoms with E-state index in [0.717, 1.165) is 42.7 Å². The van der Waals surface area contributed by atoms with Gasteiger partial charge in [0.25, 0.3) is 5.91 Å². The predicted octanol–water partition coefficient (Wildman–Crippen LogP) is 4.93. The number of amides is 1. The van der Waals surface area contributed by atoms with Gasteiger partial charge in [0.2, 0.25) is 0 Å². The highest BCUT2D eigenvalue weighted by Gasteiger charge is 2.30. The third kappa shape index (κ3) is 3.98. The molecule has 3 heterocycles. The van der Waals surface area contributed by atoms with E-state index >= 15 is 0 Å². The number of aromatic nitrogens is 2. The fourth-order valence-electron chi connectivity index (χ4n) is 4.73. The van der Waals surface area contributed by atoms with Crippen molar-refractivity contribution in [2.45, 2.75) is 44.9 Å². The van der Waals surface area contributed by atoms with Crippen molar-refractivity contribution in [3.05, 3.63) is 52.9 Å². The van der Waals surface area contributed by atoms with E-state index in [1.165, 1.54) is 4.90 Å². The van der Waals surface area contributed by atoms with Gasteiger partial charge < -0.3 is 23.7 Å². The van der Waals surface area contributed by atoms with Gasteiger partial charge in [-0.15, -0.1) is 0 Å². The quantitative estimate of drug-likeness (QED) is 0.540. The summed E-state index contributed by atoms with van der Waals surface area (Å²) in [6.45, 7) is 2.81. The van der Waals surface area contributed by atoms with Crippen molar-refractivity contribution in [1.82, 2.24) is 14.5 Å². The third-order valence-electron chi connectivity index (χ3n) is 6.32. The Morgan fingerprint density at radius 3 is 2.71 bits per heavy atom. The molecule has 2 aliphatic rings. The molecule has 1 amide bonds. The summed E-state index contributed by atoms with van der Waals surface area (Å²) in [5.74, 6) is -0.401. The molecule has 9 heteroatoms. The summed E-state index contributed by atoms with van der Waals surface area (Å²) < 4.78 is 48.3. The lowest BCUT2D eigenvalue weighted by Gasteiger charge is -2.28. The summed E-state index contributed by atoms with van der Waals surface area (Å²) >= 11 is 0. The van der Waals surface area contributed by atoms with Crippen molar-refractivity contribution in [3.63, 3.8) is 0 Å². The lowest BCUT2D eigenvalue weighted by atomic mass is 10.0. The highest BCUT2D eigenvalue weighted by atomic mass is 19.1. The van der Waals surface area contributed by atoms with Crippen molar-refractivity contribution in [2.24, 2.45) is 0 Å². The highest BCUT2D eigenvalue weighted by Crippen LogP contribution is 2.41. The zero-order chi connectivity index (χ0) is 24.0. The Hall–Kier alpha value is -3.20. The monoisotopic (exact) mass is 471 g/mol. The summed E-state index contributed by atoms with van der Waals surface area (Å²) in [5, 5.41) is 0. The molecule has 34 heavy (non-hydrogen) atoms. The van der Waals surface area contributed by atoms with Crippen LogP contribution in [-0.4, -0.2) is 47.7 Å². The summed E-state index contributed by atoms with van der Waals surface area (Å²) in [7, 11) is 3.36. The molecular weight excluding hydrogens is 444 g/mol. The molecule has 0 bridgehead atoms. The average Bonchev–Trinajstić information content (AvgIpc) is 3.14. The van der Waals surface area contributed by atoms with Crippen molar-refractivity contribution in [2.75, 3.05) is 27.3 Å². The maximum atomic E-state index is 14.7. The minimum Gasteiger partial charge on any atom is -0.493 e. The number of benzene rings is 2. The van der Waals surface area contributed by atoms with E-state index in [-0.39, 0.29) is 30.1 Å². The number of carbonyl (C=O) groups excluding carboxylic acids is 1. The highest BCUT2D eigenvalue weighted by molar-refractivity contribution is 5.99. The largest absolute Gasteiger partial charge is 0.493 e. The van der Waals surface area contributed by atoms with Crippen LogP contribution in [0.5, 0.6) is 11.5 Å². The van der Waals surface area contributed by atoms with Gasteiger partial charge in [0.1, 0.15) is 46.8 Å². The van der Waals surface area contributed by atoms with Crippen molar-refractivity contribution >= 4 is 16.9 Å². The van der Waals surface area contributed by atoms with Gasteiger partial charge in [-0.3, -0.25) is 4.79 Å². The molecule has 2 aromatic carbocycles. The first-order chi connectivity index (χ1) is 16.3. The number of aryl methyl sites for hydroxylation is 1. The zero-order valence-corrected chi connectivity index (χ0v) is 19.4. The first-order valence-electron chi connectivity index (χ1n) is 11.5. The van der Waals surface area contributed by atoms with Gasteiger partial charge in [0.15, 0.2) is 0 Å². The number of halogens is 2. The number of rotatable bonds is 4. The van der Waals surface area contributed by atoms with Crippen LogP contribution in [0.3, 0.4) is 0 Å².